The van der Waals surface area contributed by atoms with E-state index in [-0.39, 0.29) is 0 Å². The van der Waals surface area contributed by atoms with E-state index in [1.807, 2.05) is 0 Å². The summed E-state index contributed by atoms with van der Waals surface area (Å²) in [5.74, 6) is 0. The minimum atomic E-state index is -3.85. The third-order valence-electron chi connectivity index (χ3n) is 1.66. The van der Waals surface area contributed by atoms with Gasteiger partial charge in [-0.2, -0.15) is 8.78 Å². The van der Waals surface area contributed by atoms with Crippen LogP contribution in [0.1, 0.15) is 15.2 Å². The molecule has 0 aliphatic heterocycles. The topological polar surface area (TPSA) is 35.2 Å². The molecule has 0 amide bonds. The lowest BCUT2D eigenvalue weighted by Gasteiger charge is -2.13. The van der Waals surface area contributed by atoms with Gasteiger partial charge in [0.25, 0.3) is 0 Å². The number of rotatable bonds is 3. The van der Waals surface area contributed by atoms with Crippen molar-refractivity contribution in [1.82, 2.24) is 0 Å². The van der Waals surface area contributed by atoms with Gasteiger partial charge in [-0.05, 0) is 30.0 Å². The molecular formula is C10H11F2NO. The van der Waals surface area contributed by atoms with E-state index in [0.29, 0.717) is 5.56 Å². The van der Waals surface area contributed by atoms with Crippen molar-refractivity contribution in [3.63, 3.8) is 0 Å². The summed E-state index contributed by atoms with van der Waals surface area (Å²) in [4.78, 5) is 0. The Labute approximate surface area is 85.2 Å². The zero-order valence-electron chi connectivity index (χ0n) is 10.2. The van der Waals surface area contributed by atoms with Crippen LogP contribution in [0.15, 0.2) is 30.5 Å². The van der Waals surface area contributed by atoms with Gasteiger partial charge in [-0.15, -0.1) is 0 Å². The van der Waals surface area contributed by atoms with Gasteiger partial charge in [0.2, 0.25) is 0 Å². The third kappa shape index (κ3) is 2.29. The van der Waals surface area contributed by atoms with Crippen LogP contribution in [0.4, 0.5) is 8.78 Å². The standard InChI is InChI=1S/C10H11F2NO/c1-14-10(11,12)9-4-2-8(3-5-9)6-7-13/h2-7H,13H2,1H3/b7-6+/i1D3. The molecule has 2 N–H and O–H groups in total. The van der Waals surface area contributed by atoms with Crippen LogP contribution in [0.2, 0.25) is 0 Å². The summed E-state index contributed by atoms with van der Waals surface area (Å²) in [6.07, 6.45) is -1.06. The minimum Gasteiger partial charge on any atom is -0.405 e. The van der Waals surface area contributed by atoms with E-state index >= 15 is 0 Å². The number of hydrogen-bond donors (Lipinski definition) is 1. The molecule has 0 spiro atoms. The van der Waals surface area contributed by atoms with E-state index in [0.717, 1.165) is 12.1 Å². The van der Waals surface area contributed by atoms with Crippen LogP contribution in [-0.2, 0) is 10.8 Å². The van der Waals surface area contributed by atoms with Crippen molar-refractivity contribution in [2.75, 3.05) is 7.04 Å². The minimum absolute atomic E-state index is 0.525. The van der Waals surface area contributed by atoms with Crippen molar-refractivity contribution >= 4 is 6.08 Å². The maximum atomic E-state index is 13.3. The number of hydrogen-bond acceptors (Lipinski definition) is 2. The van der Waals surface area contributed by atoms with Gasteiger partial charge in [-0.25, -0.2) is 0 Å². The second-order valence-electron chi connectivity index (χ2n) is 2.60. The summed E-state index contributed by atoms with van der Waals surface area (Å²) in [5.41, 5.74) is 5.24. The number of nitrogens with two attached hydrogens (primary N) is 1. The Morgan fingerprint density at radius 1 is 1.43 bits per heavy atom. The van der Waals surface area contributed by atoms with Crippen molar-refractivity contribution in [2.45, 2.75) is 6.11 Å². The Kier molecular flexibility index (Phi) is 2.08. The Bertz CT molecular complexity index is 401. The average Bonchev–Trinajstić information content (AvgIpc) is 2.15. The maximum Gasteiger partial charge on any atom is 0.383 e. The quantitative estimate of drug-likeness (QED) is 0.816. The fraction of sp³-hybridized carbons (Fsp3) is 0.200. The van der Waals surface area contributed by atoms with Crippen LogP contribution in [-0.4, -0.2) is 7.04 Å². The van der Waals surface area contributed by atoms with Crippen molar-refractivity contribution < 1.29 is 17.6 Å². The molecule has 1 aromatic rings. The molecule has 0 aliphatic carbocycles. The third-order valence-corrected chi connectivity index (χ3v) is 1.66. The summed E-state index contributed by atoms with van der Waals surface area (Å²) in [6.45, 7) is 0. The molecule has 0 unspecified atom stereocenters. The van der Waals surface area contributed by atoms with Gasteiger partial charge < -0.3 is 10.5 Å². The fourth-order valence-electron chi connectivity index (χ4n) is 0.958. The molecule has 0 radical (unpaired) electrons. The molecule has 14 heavy (non-hydrogen) atoms. The largest absolute Gasteiger partial charge is 0.405 e. The van der Waals surface area contributed by atoms with E-state index in [2.05, 4.69) is 4.74 Å². The highest BCUT2D eigenvalue weighted by molar-refractivity contribution is 5.49. The van der Waals surface area contributed by atoms with Crippen molar-refractivity contribution in [2.24, 2.45) is 5.73 Å². The smallest absolute Gasteiger partial charge is 0.383 e. The molecular weight excluding hydrogens is 188 g/mol. The van der Waals surface area contributed by atoms with E-state index in [1.165, 1.54) is 24.4 Å². The molecule has 0 aromatic heterocycles. The first-order chi connectivity index (χ1) is 7.74. The van der Waals surface area contributed by atoms with Gasteiger partial charge in [0.05, 0.1) is 9.68 Å². The van der Waals surface area contributed by atoms with E-state index in [1.54, 1.807) is 0 Å². The Morgan fingerprint density at radius 3 is 2.57 bits per heavy atom. The second kappa shape index (κ2) is 4.19. The average molecular weight is 202 g/mol. The van der Waals surface area contributed by atoms with Gasteiger partial charge in [-0.3, -0.25) is 0 Å². The van der Waals surface area contributed by atoms with Crippen LogP contribution < -0.4 is 5.73 Å². The number of methoxy groups -OCH3 is 1. The molecule has 0 saturated carbocycles. The predicted octanol–water partition coefficient (Wildman–Crippen LogP) is 2.31. The van der Waals surface area contributed by atoms with Crippen LogP contribution in [0, 0.1) is 0 Å². The SMILES string of the molecule is [2H]C([2H])([2H])OC(F)(F)c1ccc(/C=C/N)cc1. The Morgan fingerprint density at radius 2 is 2.07 bits per heavy atom. The molecule has 76 valence electrons. The van der Waals surface area contributed by atoms with Gasteiger partial charge in [0.1, 0.15) is 0 Å². The molecule has 4 heteroatoms. The monoisotopic (exact) mass is 202 g/mol. The molecule has 0 fully saturated rings. The second-order valence-corrected chi connectivity index (χ2v) is 2.60. The molecule has 0 atom stereocenters. The molecule has 1 rings (SSSR count). The Balaban J connectivity index is 2.91. The van der Waals surface area contributed by atoms with Crippen molar-refractivity contribution in [1.29, 1.82) is 0 Å². The van der Waals surface area contributed by atoms with Gasteiger partial charge >= 0.3 is 6.11 Å². The number of halogens is 2. The van der Waals surface area contributed by atoms with Gasteiger partial charge in [0, 0.05) is 7.04 Å². The lowest BCUT2D eigenvalue weighted by atomic mass is 10.1. The zero-order valence-corrected chi connectivity index (χ0v) is 7.21. The van der Waals surface area contributed by atoms with Crippen LogP contribution in [0.25, 0.3) is 6.08 Å². The lowest BCUT2D eigenvalue weighted by Crippen LogP contribution is -2.15. The number of alkyl halides is 2. The highest BCUT2D eigenvalue weighted by atomic mass is 19.3. The normalized spacial score (nSPS) is 16.3. The Hall–Kier alpha value is -1.42. The predicted molar refractivity (Wildman–Crippen MR) is 50.6 cm³/mol. The highest BCUT2D eigenvalue weighted by Gasteiger charge is 2.30. The summed E-state index contributed by atoms with van der Waals surface area (Å²) in [7, 11) is -3.15. The maximum absolute atomic E-state index is 13.3. The molecule has 0 aliphatic rings. The summed E-state index contributed by atoms with van der Waals surface area (Å²) >= 11 is 0. The van der Waals surface area contributed by atoms with Crippen LogP contribution in [0.5, 0.6) is 0 Å². The molecule has 0 saturated heterocycles. The molecule has 0 bridgehead atoms. The van der Waals surface area contributed by atoms with Gasteiger partial charge in [0.15, 0.2) is 0 Å². The highest BCUT2D eigenvalue weighted by Crippen LogP contribution is 2.28. The number of benzene rings is 1. The summed E-state index contributed by atoms with van der Waals surface area (Å²) in [6, 6.07) is 4.94. The molecule has 0 heterocycles. The van der Waals surface area contributed by atoms with E-state index in [9.17, 15) is 8.78 Å². The van der Waals surface area contributed by atoms with Crippen molar-refractivity contribution in [3.8, 4) is 0 Å². The first-order valence-corrected chi connectivity index (χ1v) is 3.81. The van der Waals surface area contributed by atoms with E-state index in [4.69, 9.17) is 9.85 Å². The lowest BCUT2D eigenvalue weighted by molar-refractivity contribution is -0.231. The zero-order chi connectivity index (χ0) is 13.1. The first kappa shape index (κ1) is 6.95. The summed E-state index contributed by atoms with van der Waals surface area (Å²) in [5, 5.41) is 0. The first-order valence-electron chi connectivity index (χ1n) is 5.31. The van der Waals surface area contributed by atoms with Crippen LogP contribution in [0.3, 0.4) is 0 Å². The fourth-order valence-corrected chi connectivity index (χ4v) is 0.958. The van der Waals surface area contributed by atoms with Crippen molar-refractivity contribution in [3.05, 3.63) is 41.6 Å². The van der Waals surface area contributed by atoms with E-state index < -0.39 is 18.7 Å². The van der Waals surface area contributed by atoms with Crippen LogP contribution >= 0.6 is 0 Å². The van der Waals surface area contributed by atoms with Gasteiger partial charge in [-0.1, -0.05) is 12.1 Å². The summed E-state index contributed by atoms with van der Waals surface area (Å²) < 4.78 is 50.4. The molecule has 2 nitrogen and oxygen atoms in total. The number of ether oxygens (including phenoxy) is 1. The molecule has 1 aromatic carbocycles.